The number of anilines is 1. The van der Waals surface area contributed by atoms with E-state index >= 15 is 0 Å². The van der Waals surface area contributed by atoms with Gasteiger partial charge in [0.25, 0.3) is 10.0 Å². The van der Waals surface area contributed by atoms with E-state index in [0.717, 1.165) is 12.8 Å². The molecule has 0 radical (unpaired) electrons. The Labute approximate surface area is 198 Å². The summed E-state index contributed by atoms with van der Waals surface area (Å²) >= 11 is 0. The fourth-order valence-corrected chi connectivity index (χ4v) is 4.91. The van der Waals surface area contributed by atoms with E-state index in [9.17, 15) is 13.2 Å². The van der Waals surface area contributed by atoms with Gasteiger partial charge in [0.15, 0.2) is 0 Å². The number of furan rings is 1. The summed E-state index contributed by atoms with van der Waals surface area (Å²) in [4.78, 5) is 12.9. The number of rotatable bonds is 9. The molecular formula is C26H27NO6S. The third kappa shape index (κ3) is 4.59. The van der Waals surface area contributed by atoms with Gasteiger partial charge < -0.3 is 13.9 Å². The first-order valence-electron chi connectivity index (χ1n) is 11.2. The lowest BCUT2D eigenvalue weighted by molar-refractivity contribution is 0.0500. The second-order valence-electron chi connectivity index (χ2n) is 7.88. The molecule has 34 heavy (non-hydrogen) atoms. The van der Waals surface area contributed by atoms with E-state index in [0.29, 0.717) is 57.7 Å². The predicted octanol–water partition coefficient (Wildman–Crippen LogP) is 6.05. The number of carbonyl (C=O) groups excluding carboxylic acids is 1. The molecule has 0 aliphatic carbocycles. The summed E-state index contributed by atoms with van der Waals surface area (Å²) in [6, 6.07) is 15.1. The minimum atomic E-state index is -3.90. The van der Waals surface area contributed by atoms with Crippen LogP contribution in [0.3, 0.4) is 0 Å². The Hall–Kier alpha value is -3.52. The van der Waals surface area contributed by atoms with Crippen LogP contribution in [0.25, 0.3) is 21.7 Å². The third-order valence-corrected chi connectivity index (χ3v) is 6.88. The number of esters is 1. The number of hydrogen-bond acceptors (Lipinski definition) is 6. The minimum absolute atomic E-state index is 0.0997. The Balaban J connectivity index is 1.80. The first kappa shape index (κ1) is 23.6. The molecule has 1 N–H and O–H groups in total. The number of carbonyl (C=O) groups is 1. The molecule has 1 heterocycles. The van der Waals surface area contributed by atoms with Crippen LogP contribution in [0.1, 0.15) is 42.8 Å². The van der Waals surface area contributed by atoms with Crippen molar-refractivity contribution in [3.8, 4) is 5.75 Å². The Bertz CT molecular complexity index is 1440. The molecule has 0 fully saturated rings. The van der Waals surface area contributed by atoms with Gasteiger partial charge in [-0.2, -0.15) is 0 Å². The number of benzene rings is 3. The highest BCUT2D eigenvalue weighted by Gasteiger charge is 2.24. The van der Waals surface area contributed by atoms with E-state index in [2.05, 4.69) is 4.72 Å². The van der Waals surface area contributed by atoms with E-state index in [1.165, 1.54) is 12.1 Å². The molecule has 0 atom stereocenters. The first-order chi connectivity index (χ1) is 16.4. The summed E-state index contributed by atoms with van der Waals surface area (Å²) in [5.41, 5.74) is 1.17. The number of sulfonamides is 1. The SMILES string of the molecule is CCCCOC(=O)c1c(C)oc2c1cc(NS(=O)(=O)c1ccc(OCC)cc1)c1ccccc12. The van der Waals surface area contributed by atoms with Gasteiger partial charge in [0, 0.05) is 16.2 Å². The normalized spacial score (nSPS) is 11.6. The highest BCUT2D eigenvalue weighted by molar-refractivity contribution is 7.92. The molecule has 0 bridgehead atoms. The van der Waals surface area contributed by atoms with Crippen molar-refractivity contribution in [1.82, 2.24) is 0 Å². The zero-order valence-corrected chi connectivity index (χ0v) is 20.2. The van der Waals surface area contributed by atoms with Crippen LogP contribution in [0, 0.1) is 6.92 Å². The second-order valence-corrected chi connectivity index (χ2v) is 9.56. The van der Waals surface area contributed by atoms with E-state index in [1.807, 2.05) is 38.1 Å². The topological polar surface area (TPSA) is 94.8 Å². The summed E-state index contributed by atoms with van der Waals surface area (Å²) in [6.45, 7) is 6.38. The first-order valence-corrected chi connectivity index (χ1v) is 12.7. The summed E-state index contributed by atoms with van der Waals surface area (Å²) in [6.07, 6.45) is 1.66. The monoisotopic (exact) mass is 481 g/mol. The molecule has 0 aliphatic rings. The second kappa shape index (κ2) is 9.77. The highest BCUT2D eigenvalue weighted by atomic mass is 32.2. The lowest BCUT2D eigenvalue weighted by Gasteiger charge is -2.12. The molecule has 0 amide bonds. The van der Waals surface area contributed by atoms with Crippen LogP contribution in [-0.2, 0) is 14.8 Å². The standard InChI is InChI=1S/C26H27NO6S/c1-4-6-15-32-26(28)24-17(3)33-25-21-10-8-7-9-20(21)23(16-22(24)25)27-34(29,30)19-13-11-18(12-14-19)31-5-2/h7-14,16,27H,4-6,15H2,1-3H3. The Morgan fingerprint density at radius 2 is 1.71 bits per heavy atom. The van der Waals surface area contributed by atoms with Crippen LogP contribution < -0.4 is 9.46 Å². The van der Waals surface area contributed by atoms with Crippen LogP contribution in [0.4, 0.5) is 5.69 Å². The zero-order chi connectivity index (χ0) is 24.3. The largest absolute Gasteiger partial charge is 0.494 e. The lowest BCUT2D eigenvalue weighted by Crippen LogP contribution is -2.13. The fraction of sp³-hybridized carbons (Fsp3) is 0.269. The van der Waals surface area contributed by atoms with Crippen LogP contribution in [0.5, 0.6) is 5.75 Å². The predicted molar refractivity (Wildman–Crippen MR) is 132 cm³/mol. The smallest absolute Gasteiger partial charge is 0.342 e. The number of fused-ring (bicyclic) bond motifs is 3. The van der Waals surface area contributed by atoms with E-state index in [1.54, 1.807) is 25.1 Å². The zero-order valence-electron chi connectivity index (χ0n) is 19.4. The van der Waals surface area contributed by atoms with Gasteiger partial charge in [0.2, 0.25) is 0 Å². The molecule has 0 unspecified atom stereocenters. The Morgan fingerprint density at radius 3 is 2.38 bits per heavy atom. The van der Waals surface area contributed by atoms with Gasteiger partial charge in [0.05, 0.1) is 23.8 Å². The van der Waals surface area contributed by atoms with Crippen molar-refractivity contribution in [3.05, 3.63) is 65.9 Å². The molecule has 0 saturated heterocycles. The Kier molecular flexibility index (Phi) is 6.79. The summed E-state index contributed by atoms with van der Waals surface area (Å²) in [5.74, 6) is 0.530. The maximum absolute atomic E-state index is 13.2. The van der Waals surface area contributed by atoms with Crippen molar-refractivity contribution in [3.63, 3.8) is 0 Å². The van der Waals surface area contributed by atoms with Gasteiger partial charge in [-0.1, -0.05) is 37.6 Å². The van der Waals surface area contributed by atoms with Crippen molar-refractivity contribution >= 4 is 43.4 Å². The Morgan fingerprint density at radius 1 is 1.00 bits per heavy atom. The van der Waals surface area contributed by atoms with Gasteiger partial charge in [-0.25, -0.2) is 13.2 Å². The molecule has 7 nitrogen and oxygen atoms in total. The van der Waals surface area contributed by atoms with Gasteiger partial charge in [-0.3, -0.25) is 4.72 Å². The lowest BCUT2D eigenvalue weighted by atomic mass is 10.0. The van der Waals surface area contributed by atoms with Crippen molar-refractivity contribution in [2.75, 3.05) is 17.9 Å². The van der Waals surface area contributed by atoms with Gasteiger partial charge in [-0.15, -0.1) is 0 Å². The molecule has 8 heteroatoms. The van der Waals surface area contributed by atoms with E-state index in [-0.39, 0.29) is 4.90 Å². The van der Waals surface area contributed by atoms with E-state index in [4.69, 9.17) is 13.9 Å². The third-order valence-electron chi connectivity index (χ3n) is 5.50. The van der Waals surface area contributed by atoms with E-state index < -0.39 is 16.0 Å². The summed E-state index contributed by atoms with van der Waals surface area (Å²) in [7, 11) is -3.90. The number of nitrogens with one attached hydrogen (secondary N) is 1. The fourth-order valence-electron chi connectivity index (χ4n) is 3.84. The average Bonchev–Trinajstić information content (AvgIpc) is 3.15. The van der Waals surface area contributed by atoms with Gasteiger partial charge >= 0.3 is 5.97 Å². The highest BCUT2D eigenvalue weighted by Crippen LogP contribution is 2.37. The van der Waals surface area contributed by atoms with Gasteiger partial charge in [0.1, 0.15) is 22.7 Å². The molecule has 0 spiro atoms. The number of unbranched alkanes of at least 4 members (excludes halogenated alkanes) is 1. The quantitative estimate of drug-likeness (QED) is 0.231. The maximum atomic E-state index is 13.2. The molecule has 0 aliphatic heterocycles. The van der Waals surface area contributed by atoms with Crippen molar-refractivity contribution in [2.24, 2.45) is 0 Å². The molecule has 1 aromatic heterocycles. The molecule has 4 aromatic rings. The average molecular weight is 482 g/mol. The van der Waals surface area contributed by atoms with Gasteiger partial charge in [-0.05, 0) is 50.6 Å². The number of aryl methyl sites for hydroxylation is 1. The van der Waals surface area contributed by atoms with Crippen LogP contribution in [0.2, 0.25) is 0 Å². The molecule has 3 aromatic carbocycles. The molecule has 4 rings (SSSR count). The summed E-state index contributed by atoms with van der Waals surface area (Å²) < 4.78 is 45.8. The molecule has 0 saturated carbocycles. The summed E-state index contributed by atoms with van der Waals surface area (Å²) in [5, 5.41) is 1.85. The molecule has 178 valence electrons. The number of hydrogen-bond donors (Lipinski definition) is 1. The van der Waals surface area contributed by atoms with Crippen molar-refractivity contribution in [2.45, 2.75) is 38.5 Å². The van der Waals surface area contributed by atoms with Crippen LogP contribution >= 0.6 is 0 Å². The van der Waals surface area contributed by atoms with Crippen molar-refractivity contribution in [1.29, 1.82) is 0 Å². The van der Waals surface area contributed by atoms with Crippen LogP contribution in [-0.4, -0.2) is 27.6 Å². The van der Waals surface area contributed by atoms with Crippen LogP contribution in [0.15, 0.2) is 63.9 Å². The molecular weight excluding hydrogens is 454 g/mol. The maximum Gasteiger partial charge on any atom is 0.342 e. The van der Waals surface area contributed by atoms with Crippen molar-refractivity contribution < 1.29 is 27.1 Å². The minimum Gasteiger partial charge on any atom is -0.494 e. The number of ether oxygens (including phenoxy) is 2.